The Morgan fingerprint density at radius 3 is 2.70 bits per heavy atom. The molecule has 30 heavy (non-hydrogen) atoms. The predicted octanol–water partition coefficient (Wildman–Crippen LogP) is 3.40. The SMILES string of the molecule is NC(=O)C12CC3CC(C1)C(NC(=O)C1SCCCN1Cc1cccc(Cl)c1)C(C3)C2. The summed E-state index contributed by atoms with van der Waals surface area (Å²) < 4.78 is 0. The summed E-state index contributed by atoms with van der Waals surface area (Å²) in [5.41, 5.74) is 6.64. The van der Waals surface area contributed by atoms with E-state index < -0.39 is 0 Å². The molecule has 1 aromatic rings. The van der Waals surface area contributed by atoms with Crippen LogP contribution in [0.2, 0.25) is 5.02 Å². The highest BCUT2D eigenvalue weighted by Gasteiger charge is 2.58. The van der Waals surface area contributed by atoms with E-state index >= 15 is 0 Å². The van der Waals surface area contributed by atoms with Crippen LogP contribution in [-0.2, 0) is 16.1 Å². The number of thioether (sulfide) groups is 1. The summed E-state index contributed by atoms with van der Waals surface area (Å²) in [6, 6.07) is 8.09. The van der Waals surface area contributed by atoms with Gasteiger partial charge in [0.05, 0.1) is 0 Å². The van der Waals surface area contributed by atoms with Crippen LogP contribution in [-0.4, -0.2) is 40.4 Å². The molecule has 1 heterocycles. The highest BCUT2D eigenvalue weighted by atomic mass is 35.5. The number of carbonyl (C=O) groups is 2. The van der Waals surface area contributed by atoms with Gasteiger partial charge in [-0.25, -0.2) is 0 Å². The number of amides is 2. The monoisotopic (exact) mass is 447 g/mol. The van der Waals surface area contributed by atoms with E-state index in [4.69, 9.17) is 17.3 Å². The first-order chi connectivity index (χ1) is 14.4. The molecule has 3 atom stereocenters. The molecule has 5 aliphatic rings. The van der Waals surface area contributed by atoms with E-state index in [-0.39, 0.29) is 28.6 Å². The van der Waals surface area contributed by atoms with Crippen molar-refractivity contribution in [1.29, 1.82) is 0 Å². The Bertz CT molecular complexity index is 833. The summed E-state index contributed by atoms with van der Waals surface area (Å²) in [7, 11) is 0. The number of nitrogens with two attached hydrogens (primary N) is 1. The van der Waals surface area contributed by atoms with Gasteiger partial charge in [0.2, 0.25) is 11.8 Å². The number of hydrogen-bond acceptors (Lipinski definition) is 4. The quantitative estimate of drug-likeness (QED) is 0.725. The molecule has 5 fully saturated rings. The molecule has 4 saturated carbocycles. The topological polar surface area (TPSA) is 75.4 Å². The second kappa shape index (κ2) is 8.03. The Morgan fingerprint density at radius 1 is 1.23 bits per heavy atom. The molecule has 0 spiro atoms. The first-order valence-electron chi connectivity index (χ1n) is 11.1. The molecule has 1 saturated heterocycles. The lowest BCUT2D eigenvalue weighted by Gasteiger charge is -2.59. The van der Waals surface area contributed by atoms with Crippen LogP contribution in [0.5, 0.6) is 0 Å². The number of benzene rings is 1. The van der Waals surface area contributed by atoms with E-state index in [9.17, 15) is 9.59 Å². The number of carbonyl (C=O) groups excluding carboxylic acids is 2. The molecule has 0 radical (unpaired) electrons. The van der Waals surface area contributed by atoms with Crippen LogP contribution in [0.25, 0.3) is 0 Å². The van der Waals surface area contributed by atoms with Gasteiger partial charge >= 0.3 is 0 Å². The van der Waals surface area contributed by atoms with Crippen molar-refractivity contribution in [3.8, 4) is 0 Å². The van der Waals surface area contributed by atoms with E-state index in [1.54, 1.807) is 11.8 Å². The predicted molar refractivity (Wildman–Crippen MR) is 120 cm³/mol. The van der Waals surface area contributed by atoms with Gasteiger partial charge in [-0.05, 0) is 79.7 Å². The zero-order chi connectivity index (χ0) is 20.9. The van der Waals surface area contributed by atoms with Gasteiger partial charge in [0.15, 0.2) is 0 Å². The van der Waals surface area contributed by atoms with Crippen molar-refractivity contribution in [1.82, 2.24) is 10.2 Å². The highest BCUT2D eigenvalue weighted by Crippen LogP contribution is 2.60. The van der Waals surface area contributed by atoms with Gasteiger partial charge in [0, 0.05) is 29.6 Å². The highest BCUT2D eigenvalue weighted by molar-refractivity contribution is 8.00. The Kier molecular flexibility index (Phi) is 5.53. The Morgan fingerprint density at radius 2 is 2.00 bits per heavy atom. The van der Waals surface area contributed by atoms with Gasteiger partial charge in [0.1, 0.15) is 5.37 Å². The van der Waals surface area contributed by atoms with Gasteiger partial charge < -0.3 is 11.1 Å². The zero-order valence-electron chi connectivity index (χ0n) is 17.2. The maximum Gasteiger partial charge on any atom is 0.247 e. The lowest BCUT2D eigenvalue weighted by molar-refractivity contribution is -0.147. The maximum absolute atomic E-state index is 13.4. The van der Waals surface area contributed by atoms with Gasteiger partial charge in [0.25, 0.3) is 0 Å². The number of hydrogen-bond donors (Lipinski definition) is 2. The van der Waals surface area contributed by atoms with Gasteiger partial charge in [-0.1, -0.05) is 23.7 Å². The Balaban J connectivity index is 1.28. The smallest absolute Gasteiger partial charge is 0.247 e. The lowest BCUT2D eigenvalue weighted by Crippen LogP contribution is -2.63. The zero-order valence-corrected chi connectivity index (χ0v) is 18.8. The second-order valence-corrected chi connectivity index (χ2v) is 11.5. The molecular weight excluding hydrogens is 418 g/mol. The molecule has 0 aromatic heterocycles. The summed E-state index contributed by atoms with van der Waals surface area (Å²) in [4.78, 5) is 27.8. The van der Waals surface area contributed by atoms with Crippen molar-refractivity contribution in [2.75, 3.05) is 12.3 Å². The van der Waals surface area contributed by atoms with E-state index in [1.807, 2.05) is 18.2 Å². The van der Waals surface area contributed by atoms with Crippen LogP contribution in [0, 0.1) is 23.2 Å². The summed E-state index contributed by atoms with van der Waals surface area (Å²) >= 11 is 7.90. The molecule has 1 aromatic carbocycles. The van der Waals surface area contributed by atoms with Gasteiger partial charge in [-0.3, -0.25) is 14.5 Å². The molecule has 2 amide bonds. The van der Waals surface area contributed by atoms with E-state index in [0.29, 0.717) is 17.8 Å². The molecule has 3 unspecified atom stereocenters. The molecule has 4 bridgehead atoms. The summed E-state index contributed by atoms with van der Waals surface area (Å²) in [5, 5.41) is 4.00. The van der Waals surface area contributed by atoms with Gasteiger partial charge in [-0.2, -0.15) is 0 Å². The fourth-order valence-corrected chi connectivity index (χ4v) is 8.10. The first-order valence-corrected chi connectivity index (χ1v) is 12.6. The van der Waals surface area contributed by atoms with E-state index in [0.717, 1.165) is 68.0 Å². The minimum Gasteiger partial charge on any atom is -0.369 e. The molecule has 6 rings (SSSR count). The number of primary amides is 1. The Hall–Kier alpha value is -1.24. The molecule has 1 aliphatic heterocycles. The van der Waals surface area contributed by atoms with Crippen LogP contribution in [0.4, 0.5) is 0 Å². The second-order valence-electron chi connectivity index (χ2n) is 9.83. The number of halogens is 1. The fraction of sp³-hybridized carbons (Fsp3) is 0.652. The normalized spacial score (nSPS) is 37.8. The van der Waals surface area contributed by atoms with Crippen molar-refractivity contribution in [2.24, 2.45) is 28.9 Å². The minimum absolute atomic E-state index is 0.123. The first kappa shape index (κ1) is 20.7. The van der Waals surface area contributed by atoms with Crippen LogP contribution < -0.4 is 11.1 Å². The largest absolute Gasteiger partial charge is 0.369 e. The fourth-order valence-electron chi connectivity index (χ4n) is 6.76. The van der Waals surface area contributed by atoms with Crippen LogP contribution >= 0.6 is 23.4 Å². The minimum atomic E-state index is -0.310. The third kappa shape index (κ3) is 3.76. The van der Waals surface area contributed by atoms with Crippen molar-refractivity contribution < 1.29 is 9.59 Å². The molecule has 162 valence electrons. The molecule has 7 heteroatoms. The molecular formula is C23H30ClN3O2S. The molecule has 5 nitrogen and oxygen atoms in total. The summed E-state index contributed by atoms with van der Waals surface area (Å²) in [5.74, 6) is 2.40. The van der Waals surface area contributed by atoms with E-state index in [2.05, 4.69) is 16.3 Å². The maximum atomic E-state index is 13.4. The van der Waals surface area contributed by atoms with Gasteiger partial charge in [-0.15, -0.1) is 11.8 Å². The number of nitrogens with zero attached hydrogens (tertiary/aromatic N) is 1. The molecule has 3 N–H and O–H groups in total. The number of rotatable bonds is 5. The summed E-state index contributed by atoms with van der Waals surface area (Å²) in [6.07, 6.45) is 6.00. The van der Waals surface area contributed by atoms with Crippen molar-refractivity contribution in [3.05, 3.63) is 34.9 Å². The van der Waals surface area contributed by atoms with E-state index in [1.165, 1.54) is 0 Å². The third-order valence-electron chi connectivity index (χ3n) is 7.80. The van der Waals surface area contributed by atoms with Crippen molar-refractivity contribution >= 4 is 35.2 Å². The van der Waals surface area contributed by atoms with Crippen LogP contribution in [0.1, 0.15) is 44.1 Å². The lowest BCUT2D eigenvalue weighted by atomic mass is 9.47. The van der Waals surface area contributed by atoms with Crippen molar-refractivity contribution in [3.63, 3.8) is 0 Å². The number of nitrogens with one attached hydrogen (secondary N) is 1. The van der Waals surface area contributed by atoms with Crippen LogP contribution in [0.15, 0.2) is 24.3 Å². The Labute approximate surface area is 187 Å². The third-order valence-corrected chi connectivity index (χ3v) is 9.39. The van der Waals surface area contributed by atoms with Crippen LogP contribution in [0.3, 0.4) is 0 Å². The summed E-state index contributed by atoms with van der Waals surface area (Å²) in [6.45, 7) is 1.65. The average Bonchev–Trinajstić information content (AvgIpc) is 2.70. The standard InChI is InChI=1S/C23H30ClN3O2S/c24-18-4-1-3-14(9-18)13-27-5-2-6-30-21(27)20(28)26-19-16-7-15-8-17(19)12-23(10-15,11-16)22(25)29/h1,3-4,9,15-17,19,21H,2,5-8,10-13H2,(H2,25,29)(H,26,28). The van der Waals surface area contributed by atoms with Crippen molar-refractivity contribution in [2.45, 2.75) is 56.5 Å². The average molecular weight is 448 g/mol. The molecule has 4 aliphatic carbocycles.